The summed E-state index contributed by atoms with van der Waals surface area (Å²) in [6.45, 7) is 4.06. The molecule has 0 atom stereocenters. The number of amides is 1. The number of nitrogens with one attached hydrogen (secondary N) is 1. The quantitative estimate of drug-likeness (QED) is 0.826. The number of hydrogen-bond donors (Lipinski definition) is 1. The van der Waals surface area contributed by atoms with Crippen LogP contribution < -0.4 is 5.32 Å². The fourth-order valence-corrected chi connectivity index (χ4v) is 2.32. The Balaban J connectivity index is 2.39. The molecule has 3 nitrogen and oxygen atoms in total. The van der Waals surface area contributed by atoms with Crippen molar-refractivity contribution in [2.75, 3.05) is 5.32 Å². The van der Waals surface area contributed by atoms with Crippen LogP contribution in [0.5, 0.6) is 0 Å². The first-order valence-electron chi connectivity index (χ1n) is 4.95. The minimum absolute atomic E-state index is 0.678. The standard InChI is InChI=1S/C12H12N2OS/c1-8-9(2)16-12(14-8)10-4-3-5-11(6-10)13-7-15/h3-7H,1-2H3,(H,13,15). The number of carbonyl (C=O) groups is 1. The van der Waals surface area contributed by atoms with Crippen LogP contribution in [0.4, 0.5) is 5.69 Å². The maximum atomic E-state index is 10.4. The van der Waals surface area contributed by atoms with Gasteiger partial charge in [0.05, 0.1) is 5.69 Å². The first-order valence-corrected chi connectivity index (χ1v) is 5.77. The van der Waals surface area contributed by atoms with Crippen LogP contribution >= 0.6 is 11.3 Å². The molecule has 1 amide bonds. The number of aromatic nitrogens is 1. The molecule has 4 heteroatoms. The van der Waals surface area contributed by atoms with Gasteiger partial charge in [-0.3, -0.25) is 4.79 Å². The highest BCUT2D eigenvalue weighted by atomic mass is 32.1. The predicted molar refractivity (Wildman–Crippen MR) is 66.7 cm³/mol. The van der Waals surface area contributed by atoms with Crippen molar-refractivity contribution in [1.82, 2.24) is 4.98 Å². The van der Waals surface area contributed by atoms with Crippen LogP contribution in [0.3, 0.4) is 0 Å². The number of benzene rings is 1. The van der Waals surface area contributed by atoms with E-state index in [1.165, 1.54) is 4.88 Å². The molecule has 82 valence electrons. The van der Waals surface area contributed by atoms with E-state index < -0.39 is 0 Å². The van der Waals surface area contributed by atoms with Crippen LogP contribution in [0.1, 0.15) is 10.6 Å². The Bertz CT molecular complexity index is 500. The molecular formula is C12H12N2OS. The number of carbonyl (C=O) groups excluding carboxylic acids is 1. The van der Waals surface area contributed by atoms with Crippen molar-refractivity contribution in [3.8, 4) is 10.6 Å². The summed E-state index contributed by atoms with van der Waals surface area (Å²) < 4.78 is 0. The van der Waals surface area contributed by atoms with Crippen molar-refractivity contribution in [2.24, 2.45) is 0 Å². The Labute approximate surface area is 98.2 Å². The van der Waals surface area contributed by atoms with Crippen LogP contribution in [-0.4, -0.2) is 11.4 Å². The van der Waals surface area contributed by atoms with E-state index in [0.717, 1.165) is 22.0 Å². The summed E-state index contributed by atoms with van der Waals surface area (Å²) in [5, 5.41) is 3.63. The van der Waals surface area contributed by atoms with E-state index in [1.54, 1.807) is 11.3 Å². The zero-order valence-corrected chi connectivity index (χ0v) is 9.97. The molecule has 0 bridgehead atoms. The number of rotatable bonds is 3. The van der Waals surface area contributed by atoms with Crippen molar-refractivity contribution in [2.45, 2.75) is 13.8 Å². The summed E-state index contributed by atoms with van der Waals surface area (Å²) >= 11 is 1.67. The number of thiazole rings is 1. The van der Waals surface area contributed by atoms with Crippen molar-refractivity contribution in [3.63, 3.8) is 0 Å². The summed E-state index contributed by atoms with van der Waals surface area (Å²) in [6.07, 6.45) is 0.678. The van der Waals surface area contributed by atoms with Gasteiger partial charge in [0.25, 0.3) is 0 Å². The van der Waals surface area contributed by atoms with Crippen LogP contribution in [-0.2, 0) is 4.79 Å². The smallest absolute Gasteiger partial charge is 0.211 e. The van der Waals surface area contributed by atoms with Crippen molar-refractivity contribution < 1.29 is 4.79 Å². The average Bonchev–Trinajstić information content (AvgIpc) is 2.60. The fraction of sp³-hybridized carbons (Fsp3) is 0.167. The maximum absolute atomic E-state index is 10.4. The van der Waals surface area contributed by atoms with E-state index >= 15 is 0 Å². The summed E-state index contributed by atoms with van der Waals surface area (Å²) in [4.78, 5) is 16.1. The lowest BCUT2D eigenvalue weighted by molar-refractivity contribution is -0.105. The number of aryl methyl sites for hydroxylation is 2. The van der Waals surface area contributed by atoms with Gasteiger partial charge in [0.15, 0.2) is 0 Å². The Morgan fingerprint density at radius 2 is 2.19 bits per heavy atom. The minimum Gasteiger partial charge on any atom is -0.329 e. The van der Waals surface area contributed by atoms with Gasteiger partial charge < -0.3 is 5.32 Å². The van der Waals surface area contributed by atoms with Gasteiger partial charge in [0.1, 0.15) is 5.01 Å². The largest absolute Gasteiger partial charge is 0.329 e. The van der Waals surface area contributed by atoms with Crippen molar-refractivity contribution in [3.05, 3.63) is 34.8 Å². The number of anilines is 1. The van der Waals surface area contributed by atoms with Gasteiger partial charge in [0, 0.05) is 16.1 Å². The molecule has 2 rings (SSSR count). The molecule has 0 spiro atoms. The third kappa shape index (κ3) is 2.12. The van der Waals surface area contributed by atoms with E-state index in [2.05, 4.69) is 17.2 Å². The highest BCUT2D eigenvalue weighted by Crippen LogP contribution is 2.28. The molecule has 1 heterocycles. The molecule has 0 radical (unpaired) electrons. The van der Waals surface area contributed by atoms with E-state index in [0.29, 0.717) is 6.41 Å². The Morgan fingerprint density at radius 3 is 2.81 bits per heavy atom. The second-order valence-corrected chi connectivity index (χ2v) is 4.71. The summed E-state index contributed by atoms with van der Waals surface area (Å²) in [7, 11) is 0. The topological polar surface area (TPSA) is 42.0 Å². The van der Waals surface area contributed by atoms with Crippen LogP contribution in [0.15, 0.2) is 24.3 Å². The first kappa shape index (κ1) is 10.8. The molecule has 0 aliphatic rings. The second-order valence-electron chi connectivity index (χ2n) is 3.50. The number of nitrogens with zero attached hydrogens (tertiary/aromatic N) is 1. The molecule has 1 aromatic heterocycles. The Hall–Kier alpha value is -1.68. The fourth-order valence-electron chi connectivity index (χ4n) is 1.41. The molecule has 0 aliphatic heterocycles. The normalized spacial score (nSPS) is 10.1. The van der Waals surface area contributed by atoms with E-state index in [1.807, 2.05) is 31.2 Å². The lowest BCUT2D eigenvalue weighted by Gasteiger charge is -2.00. The van der Waals surface area contributed by atoms with E-state index in [4.69, 9.17) is 0 Å². The molecule has 0 aliphatic carbocycles. The Kier molecular flexibility index (Phi) is 3.01. The van der Waals surface area contributed by atoms with Crippen LogP contribution in [0, 0.1) is 13.8 Å². The van der Waals surface area contributed by atoms with Gasteiger partial charge in [-0.2, -0.15) is 0 Å². The van der Waals surface area contributed by atoms with Gasteiger partial charge in [-0.05, 0) is 26.0 Å². The third-order valence-electron chi connectivity index (χ3n) is 2.36. The molecule has 1 aromatic carbocycles. The molecule has 16 heavy (non-hydrogen) atoms. The Morgan fingerprint density at radius 1 is 1.38 bits per heavy atom. The molecular weight excluding hydrogens is 220 g/mol. The second kappa shape index (κ2) is 4.45. The van der Waals surface area contributed by atoms with Crippen LogP contribution in [0.2, 0.25) is 0 Å². The molecule has 0 fully saturated rings. The van der Waals surface area contributed by atoms with Crippen molar-refractivity contribution >= 4 is 23.4 Å². The summed E-state index contributed by atoms with van der Waals surface area (Å²) in [5.41, 5.74) is 2.89. The first-order chi connectivity index (χ1) is 7.70. The van der Waals surface area contributed by atoms with Gasteiger partial charge in [0.2, 0.25) is 6.41 Å². The molecule has 0 unspecified atom stereocenters. The van der Waals surface area contributed by atoms with Crippen LogP contribution in [0.25, 0.3) is 10.6 Å². The monoisotopic (exact) mass is 232 g/mol. The van der Waals surface area contributed by atoms with Crippen molar-refractivity contribution in [1.29, 1.82) is 0 Å². The lowest BCUT2D eigenvalue weighted by atomic mass is 10.2. The zero-order valence-electron chi connectivity index (χ0n) is 9.15. The maximum Gasteiger partial charge on any atom is 0.211 e. The molecule has 0 saturated carbocycles. The SMILES string of the molecule is Cc1nc(-c2cccc(NC=O)c2)sc1C. The highest BCUT2D eigenvalue weighted by Gasteiger charge is 2.06. The number of hydrogen-bond acceptors (Lipinski definition) is 3. The van der Waals surface area contributed by atoms with Gasteiger partial charge in [-0.25, -0.2) is 4.98 Å². The van der Waals surface area contributed by atoms with Gasteiger partial charge in [-0.1, -0.05) is 12.1 Å². The van der Waals surface area contributed by atoms with E-state index in [-0.39, 0.29) is 0 Å². The van der Waals surface area contributed by atoms with Gasteiger partial charge >= 0.3 is 0 Å². The third-order valence-corrected chi connectivity index (χ3v) is 3.49. The molecule has 0 saturated heterocycles. The predicted octanol–water partition coefficient (Wildman–Crippen LogP) is 3.00. The molecule has 2 aromatic rings. The van der Waals surface area contributed by atoms with E-state index in [9.17, 15) is 4.79 Å². The minimum atomic E-state index is 0.678. The lowest BCUT2D eigenvalue weighted by Crippen LogP contribution is -1.93. The highest BCUT2D eigenvalue weighted by molar-refractivity contribution is 7.15. The van der Waals surface area contributed by atoms with Gasteiger partial charge in [-0.15, -0.1) is 11.3 Å². The average molecular weight is 232 g/mol. The molecule has 1 N–H and O–H groups in total. The summed E-state index contributed by atoms with van der Waals surface area (Å²) in [6, 6.07) is 7.68. The zero-order chi connectivity index (χ0) is 11.5. The summed E-state index contributed by atoms with van der Waals surface area (Å²) in [5.74, 6) is 0.